The number of carbonyl (C=O) groups is 1. The third-order valence-electron chi connectivity index (χ3n) is 4.63. The maximum Gasteiger partial charge on any atom is 0.223 e. The van der Waals surface area contributed by atoms with Crippen molar-refractivity contribution in [1.82, 2.24) is 4.90 Å². The summed E-state index contributed by atoms with van der Waals surface area (Å²) in [5.74, 6) is -0.780. The summed E-state index contributed by atoms with van der Waals surface area (Å²) in [6.45, 7) is 2.99. The molecule has 0 saturated carbocycles. The van der Waals surface area contributed by atoms with Gasteiger partial charge in [0, 0.05) is 13.0 Å². The highest BCUT2D eigenvalue weighted by Gasteiger charge is 2.26. The van der Waals surface area contributed by atoms with E-state index in [9.17, 15) is 17.6 Å². The largest absolute Gasteiger partial charge is 0.370 e. The van der Waals surface area contributed by atoms with Crippen LogP contribution >= 0.6 is 0 Å². The first-order chi connectivity index (χ1) is 12.8. The summed E-state index contributed by atoms with van der Waals surface area (Å²) in [5, 5.41) is 0. The summed E-state index contributed by atoms with van der Waals surface area (Å²) in [6, 6.07) is 12.6. The zero-order valence-electron chi connectivity index (χ0n) is 15.1. The Morgan fingerprint density at radius 3 is 2.48 bits per heavy atom. The number of hydrogen-bond acceptors (Lipinski definition) is 4. The molecule has 0 spiro atoms. The number of ether oxygens (including phenoxy) is 1. The summed E-state index contributed by atoms with van der Waals surface area (Å²) < 4.78 is 43.6. The molecule has 1 unspecified atom stereocenters. The van der Waals surface area contributed by atoms with E-state index >= 15 is 0 Å². The number of hydrogen-bond donors (Lipinski definition) is 0. The number of halogens is 1. The molecule has 1 heterocycles. The molecule has 144 valence electrons. The van der Waals surface area contributed by atoms with E-state index in [4.69, 9.17) is 4.74 Å². The lowest BCUT2D eigenvalue weighted by Crippen LogP contribution is -2.42. The van der Waals surface area contributed by atoms with Gasteiger partial charge in [-0.1, -0.05) is 29.8 Å². The number of amides is 1. The van der Waals surface area contributed by atoms with Crippen LogP contribution in [0.4, 0.5) is 4.39 Å². The van der Waals surface area contributed by atoms with Gasteiger partial charge in [0.05, 0.1) is 23.8 Å². The second-order valence-electron chi connectivity index (χ2n) is 6.63. The smallest absolute Gasteiger partial charge is 0.223 e. The summed E-state index contributed by atoms with van der Waals surface area (Å²) >= 11 is 0. The Hall–Kier alpha value is -2.25. The van der Waals surface area contributed by atoms with Gasteiger partial charge in [0.15, 0.2) is 9.84 Å². The molecule has 1 aliphatic rings. The van der Waals surface area contributed by atoms with Crippen LogP contribution in [0.1, 0.15) is 23.7 Å². The fraction of sp³-hybridized carbons (Fsp3) is 0.350. The van der Waals surface area contributed by atoms with Crippen molar-refractivity contribution in [2.75, 3.05) is 25.4 Å². The lowest BCUT2D eigenvalue weighted by molar-refractivity contribution is -0.138. The molecule has 1 aliphatic heterocycles. The summed E-state index contributed by atoms with van der Waals surface area (Å²) in [4.78, 5) is 14.3. The average Bonchev–Trinajstić information content (AvgIpc) is 2.67. The number of nitrogens with zero attached hydrogens (tertiary/aromatic N) is 1. The first kappa shape index (κ1) is 19.5. The molecule has 1 atom stereocenters. The second kappa shape index (κ2) is 8.19. The molecular weight excluding hydrogens is 369 g/mol. The minimum absolute atomic E-state index is 0.0770. The van der Waals surface area contributed by atoms with Crippen molar-refractivity contribution in [2.45, 2.75) is 24.3 Å². The van der Waals surface area contributed by atoms with E-state index in [2.05, 4.69) is 0 Å². The molecule has 2 aromatic carbocycles. The zero-order chi connectivity index (χ0) is 19.4. The standard InChI is InChI=1S/C20H22FNO4S/c1-15-2-8-18(9-3-15)27(24,25)13-10-20(23)22-11-12-26-19(14-22)16-4-6-17(21)7-5-16/h2-9,19H,10-14H2,1H3. The van der Waals surface area contributed by atoms with Crippen molar-refractivity contribution in [3.63, 3.8) is 0 Å². The van der Waals surface area contributed by atoms with Gasteiger partial charge >= 0.3 is 0 Å². The van der Waals surface area contributed by atoms with E-state index in [0.29, 0.717) is 19.7 Å². The van der Waals surface area contributed by atoms with Crippen LogP contribution in [0.25, 0.3) is 0 Å². The van der Waals surface area contributed by atoms with Gasteiger partial charge in [-0.25, -0.2) is 12.8 Å². The molecule has 5 nitrogen and oxygen atoms in total. The molecule has 0 aliphatic carbocycles. The number of sulfone groups is 1. The summed E-state index contributed by atoms with van der Waals surface area (Å²) in [5.41, 5.74) is 1.77. The van der Waals surface area contributed by atoms with Gasteiger partial charge in [0.2, 0.25) is 5.91 Å². The van der Waals surface area contributed by atoms with E-state index in [1.165, 1.54) is 12.1 Å². The predicted molar refractivity (Wildman–Crippen MR) is 99.5 cm³/mol. The molecule has 27 heavy (non-hydrogen) atoms. The summed E-state index contributed by atoms with van der Waals surface area (Å²) in [6.07, 6.45) is -0.413. The molecule has 1 fully saturated rings. The minimum Gasteiger partial charge on any atom is -0.370 e. The van der Waals surface area contributed by atoms with Gasteiger partial charge in [-0.15, -0.1) is 0 Å². The van der Waals surface area contributed by atoms with Gasteiger partial charge < -0.3 is 9.64 Å². The van der Waals surface area contributed by atoms with Gasteiger partial charge in [-0.2, -0.15) is 0 Å². The van der Waals surface area contributed by atoms with Crippen LogP contribution in [0.5, 0.6) is 0 Å². The Morgan fingerprint density at radius 1 is 1.15 bits per heavy atom. The van der Waals surface area contributed by atoms with E-state index in [1.54, 1.807) is 41.3 Å². The SMILES string of the molecule is Cc1ccc(S(=O)(=O)CCC(=O)N2CCOC(c3ccc(F)cc3)C2)cc1. The molecule has 0 N–H and O–H groups in total. The van der Waals surface area contributed by atoms with Crippen molar-refractivity contribution >= 4 is 15.7 Å². The van der Waals surface area contributed by atoms with Crippen molar-refractivity contribution in [2.24, 2.45) is 0 Å². The highest BCUT2D eigenvalue weighted by molar-refractivity contribution is 7.91. The van der Waals surface area contributed by atoms with Crippen LogP contribution in [0, 0.1) is 12.7 Å². The molecule has 0 bridgehead atoms. The molecule has 7 heteroatoms. The first-order valence-electron chi connectivity index (χ1n) is 8.79. The molecule has 0 radical (unpaired) electrons. The molecular formula is C20H22FNO4S. The van der Waals surface area contributed by atoms with E-state index in [1.807, 2.05) is 6.92 Å². The van der Waals surface area contributed by atoms with Gasteiger partial charge in [0.1, 0.15) is 11.9 Å². The Bertz CT molecular complexity index is 895. The fourth-order valence-corrected chi connectivity index (χ4v) is 4.23. The van der Waals surface area contributed by atoms with Crippen LogP contribution in [0.15, 0.2) is 53.4 Å². The van der Waals surface area contributed by atoms with Crippen molar-refractivity contribution in [3.8, 4) is 0 Å². The van der Waals surface area contributed by atoms with E-state index in [0.717, 1.165) is 11.1 Å². The average molecular weight is 391 g/mol. The zero-order valence-corrected chi connectivity index (χ0v) is 15.9. The van der Waals surface area contributed by atoms with Gasteiger partial charge in [0.25, 0.3) is 0 Å². The molecule has 2 aromatic rings. The van der Waals surface area contributed by atoms with Gasteiger partial charge in [-0.3, -0.25) is 4.79 Å². The van der Waals surface area contributed by atoms with E-state index in [-0.39, 0.29) is 34.9 Å². The number of carbonyl (C=O) groups excluding carboxylic acids is 1. The third-order valence-corrected chi connectivity index (χ3v) is 6.36. The number of benzene rings is 2. The highest BCUT2D eigenvalue weighted by Crippen LogP contribution is 2.23. The molecule has 3 rings (SSSR count). The molecule has 1 amide bonds. The number of aryl methyl sites for hydroxylation is 1. The predicted octanol–water partition coefficient (Wildman–Crippen LogP) is 2.90. The lowest BCUT2D eigenvalue weighted by Gasteiger charge is -2.33. The van der Waals surface area contributed by atoms with Gasteiger partial charge in [-0.05, 0) is 36.8 Å². The van der Waals surface area contributed by atoms with Crippen LogP contribution < -0.4 is 0 Å². The maximum absolute atomic E-state index is 13.1. The minimum atomic E-state index is -3.50. The Kier molecular flexibility index (Phi) is 5.92. The molecule has 0 aromatic heterocycles. The van der Waals surface area contributed by atoms with Crippen LogP contribution in [0.2, 0.25) is 0 Å². The van der Waals surface area contributed by atoms with Crippen LogP contribution in [-0.4, -0.2) is 44.7 Å². The van der Waals surface area contributed by atoms with Crippen molar-refractivity contribution in [1.29, 1.82) is 0 Å². The third kappa shape index (κ3) is 4.93. The molecule has 1 saturated heterocycles. The normalized spacial score (nSPS) is 17.7. The number of rotatable bonds is 5. The summed E-state index contributed by atoms with van der Waals surface area (Å²) in [7, 11) is -3.50. The number of morpholine rings is 1. The Labute approximate surface area is 158 Å². The Morgan fingerprint density at radius 2 is 1.81 bits per heavy atom. The topological polar surface area (TPSA) is 63.7 Å². The van der Waals surface area contributed by atoms with Crippen molar-refractivity contribution < 1.29 is 22.3 Å². The Balaban J connectivity index is 1.60. The maximum atomic E-state index is 13.1. The lowest BCUT2D eigenvalue weighted by atomic mass is 10.1. The fourth-order valence-electron chi connectivity index (χ4n) is 3.00. The van der Waals surface area contributed by atoms with E-state index < -0.39 is 9.84 Å². The van der Waals surface area contributed by atoms with Crippen LogP contribution in [0.3, 0.4) is 0 Å². The second-order valence-corrected chi connectivity index (χ2v) is 8.74. The quantitative estimate of drug-likeness (QED) is 0.786. The van der Waals surface area contributed by atoms with Crippen molar-refractivity contribution in [3.05, 3.63) is 65.5 Å². The monoisotopic (exact) mass is 391 g/mol. The highest BCUT2D eigenvalue weighted by atomic mass is 32.2. The van der Waals surface area contributed by atoms with Crippen LogP contribution in [-0.2, 0) is 19.4 Å². The first-order valence-corrected chi connectivity index (χ1v) is 10.4.